The Morgan fingerprint density at radius 2 is 0.446 bits per heavy atom. The summed E-state index contributed by atoms with van der Waals surface area (Å²) in [6, 6.07) is 65.8. The van der Waals surface area contributed by atoms with E-state index in [4.69, 9.17) is 0 Å². The summed E-state index contributed by atoms with van der Waals surface area (Å²) in [6.45, 7) is 0. The van der Waals surface area contributed by atoms with Gasteiger partial charge in [-0.05, 0) is 151 Å². The zero-order chi connectivity index (χ0) is 49.7. The van der Waals surface area contributed by atoms with E-state index < -0.39 is 0 Å². The lowest BCUT2D eigenvalue weighted by atomic mass is 9.84. The Morgan fingerprint density at radius 1 is 0.243 bits per heavy atom. The van der Waals surface area contributed by atoms with Gasteiger partial charge in [0.1, 0.15) is 0 Å². The van der Waals surface area contributed by atoms with E-state index in [0.717, 1.165) is 23.7 Å². The molecule has 0 unspecified atom stereocenters. The summed E-state index contributed by atoms with van der Waals surface area (Å²) in [5.41, 5.74) is 21.1. The van der Waals surface area contributed by atoms with Crippen molar-refractivity contribution in [1.29, 1.82) is 0 Å². The van der Waals surface area contributed by atoms with Gasteiger partial charge in [-0.1, -0.05) is 298 Å². The maximum atomic E-state index is 2.41. The lowest BCUT2D eigenvalue weighted by Gasteiger charge is -2.22. The Bertz CT molecular complexity index is 2530. The minimum atomic E-state index is 0.846. The highest BCUT2D eigenvalue weighted by Gasteiger charge is 2.19. The van der Waals surface area contributed by atoms with Crippen LogP contribution in [0.2, 0.25) is 0 Å². The van der Waals surface area contributed by atoms with Crippen LogP contribution in [0.1, 0.15) is 184 Å². The molecule has 0 aromatic heterocycles. The van der Waals surface area contributed by atoms with Crippen LogP contribution in [-0.2, 0) is 25.7 Å². The van der Waals surface area contributed by atoms with Gasteiger partial charge in [-0.15, -0.1) is 0 Å². The molecule has 0 nitrogen and oxygen atoms in total. The molecule has 7 aromatic rings. The van der Waals surface area contributed by atoms with Crippen LogP contribution >= 0.6 is 0 Å². The minimum absolute atomic E-state index is 0.846. The molecule has 0 N–H and O–H groups in total. The van der Waals surface area contributed by atoms with Crippen LogP contribution in [0.15, 0.2) is 170 Å². The quantitative estimate of drug-likeness (QED) is 0.0847. The Labute approximate surface area is 446 Å². The topological polar surface area (TPSA) is 0 Å². The zero-order valence-electron chi connectivity index (χ0n) is 44.6. The van der Waals surface area contributed by atoms with Crippen molar-refractivity contribution in [2.24, 2.45) is 23.7 Å². The van der Waals surface area contributed by atoms with Gasteiger partial charge in [-0.2, -0.15) is 0 Å². The number of hydrogen-bond donors (Lipinski definition) is 0. The lowest BCUT2D eigenvalue weighted by molar-refractivity contribution is 0.356. The maximum absolute atomic E-state index is 2.41. The molecule has 0 bridgehead atoms. The van der Waals surface area contributed by atoms with Crippen molar-refractivity contribution >= 4 is 23.3 Å². The summed E-state index contributed by atoms with van der Waals surface area (Å²) < 4.78 is 0. The first-order valence-electron chi connectivity index (χ1n) is 29.7. The second kappa shape index (κ2) is 25.0. The summed E-state index contributed by atoms with van der Waals surface area (Å²) in [5.74, 6) is 3.38. The third-order valence-corrected chi connectivity index (χ3v) is 18.1. The van der Waals surface area contributed by atoms with Crippen LogP contribution < -0.4 is 0 Å². The molecule has 0 aliphatic heterocycles. The van der Waals surface area contributed by atoms with E-state index in [1.807, 2.05) is 0 Å². The second-order valence-electron chi connectivity index (χ2n) is 23.6. The molecule has 378 valence electrons. The molecule has 0 spiro atoms. The van der Waals surface area contributed by atoms with E-state index in [1.165, 1.54) is 243 Å². The highest BCUT2D eigenvalue weighted by atomic mass is 14.2. The average Bonchev–Trinajstić information content (AvgIpc) is 3.46. The van der Waals surface area contributed by atoms with Gasteiger partial charge < -0.3 is 0 Å². The largest absolute Gasteiger partial charge is 0.0584 e. The van der Waals surface area contributed by atoms with E-state index >= 15 is 0 Å². The number of rotatable bonds is 16. The fourth-order valence-electron chi connectivity index (χ4n) is 13.6. The zero-order valence-corrected chi connectivity index (χ0v) is 44.6. The van der Waals surface area contributed by atoms with Crippen molar-refractivity contribution in [1.82, 2.24) is 0 Å². The first-order valence-corrected chi connectivity index (χ1v) is 29.7. The SMILES string of the molecule is C(=C(c1ccc(CC2CCCCC2)cc1)c1ccc(CC2CCCCC2)cc1)c1ccc(-c2ccc(-c3ccc(C=C(c4ccc(CC5CCCCC5)cc4)c4ccc(CC5CCCCC5)cc4)cc3)cc2)cc1. The van der Waals surface area contributed by atoms with Gasteiger partial charge >= 0.3 is 0 Å². The highest BCUT2D eigenvalue weighted by Crippen LogP contribution is 2.35. The molecular formula is C74H82. The highest BCUT2D eigenvalue weighted by molar-refractivity contribution is 5.93. The van der Waals surface area contributed by atoms with Crippen LogP contribution in [0.3, 0.4) is 0 Å². The van der Waals surface area contributed by atoms with E-state index in [0.29, 0.717) is 0 Å². The summed E-state index contributed by atoms with van der Waals surface area (Å²) in [5, 5.41) is 0. The molecule has 0 heteroatoms. The van der Waals surface area contributed by atoms with Gasteiger partial charge in [0.2, 0.25) is 0 Å². The summed E-state index contributed by atoms with van der Waals surface area (Å²) in [7, 11) is 0. The fourth-order valence-corrected chi connectivity index (χ4v) is 13.6. The van der Waals surface area contributed by atoms with E-state index in [2.05, 4.69) is 182 Å². The Hall–Kier alpha value is -5.98. The van der Waals surface area contributed by atoms with Gasteiger partial charge in [-0.3, -0.25) is 0 Å². The molecule has 11 rings (SSSR count). The van der Waals surface area contributed by atoms with Crippen molar-refractivity contribution in [3.8, 4) is 22.3 Å². The predicted molar refractivity (Wildman–Crippen MR) is 318 cm³/mol. The smallest absolute Gasteiger partial charge is 0.0105 e. The number of hydrogen-bond acceptors (Lipinski definition) is 0. The lowest BCUT2D eigenvalue weighted by Crippen LogP contribution is -2.09. The van der Waals surface area contributed by atoms with Crippen LogP contribution in [-0.4, -0.2) is 0 Å². The molecule has 4 aliphatic carbocycles. The molecule has 0 saturated heterocycles. The van der Waals surface area contributed by atoms with Crippen molar-refractivity contribution in [3.05, 3.63) is 225 Å². The molecule has 4 fully saturated rings. The fraction of sp³-hybridized carbons (Fsp3) is 0.378. The van der Waals surface area contributed by atoms with Crippen molar-refractivity contribution < 1.29 is 0 Å². The van der Waals surface area contributed by atoms with Crippen molar-refractivity contribution in [2.45, 2.75) is 154 Å². The van der Waals surface area contributed by atoms with Crippen LogP contribution in [0, 0.1) is 23.7 Å². The monoisotopic (exact) mass is 971 g/mol. The minimum Gasteiger partial charge on any atom is -0.0584 e. The first kappa shape index (κ1) is 50.2. The van der Waals surface area contributed by atoms with Gasteiger partial charge in [0.25, 0.3) is 0 Å². The molecule has 74 heavy (non-hydrogen) atoms. The molecule has 0 amide bonds. The third kappa shape index (κ3) is 13.5. The molecule has 0 radical (unpaired) electrons. The molecule has 4 saturated carbocycles. The van der Waals surface area contributed by atoms with Gasteiger partial charge in [-0.25, -0.2) is 0 Å². The van der Waals surface area contributed by atoms with Gasteiger partial charge in [0.15, 0.2) is 0 Å². The van der Waals surface area contributed by atoms with E-state index in [-0.39, 0.29) is 0 Å². The summed E-state index contributed by atoms with van der Waals surface area (Å²) in [6.07, 6.45) is 37.6. The molecular weight excluding hydrogens is 889 g/mol. The van der Waals surface area contributed by atoms with Crippen molar-refractivity contribution in [2.75, 3.05) is 0 Å². The Morgan fingerprint density at radius 3 is 0.662 bits per heavy atom. The Balaban J connectivity index is 0.795. The standard InChI is InChI=1S/C74H82/c1-5-13-55(14-6-1)49-59-25-37-69(38-26-59)73(70-39-27-60(28-40-70)50-56-15-7-2-8-16-56)53-63-21-33-65(34-22-63)67-45-47-68(48-46-67)66-35-23-64(24-36-66)54-74(71-41-29-61(30-42-71)51-57-17-9-3-10-18-57)72-43-31-62(32-44-72)52-58-19-11-4-12-20-58/h21-48,53-58H,1-20,49-52H2. The van der Waals surface area contributed by atoms with Crippen molar-refractivity contribution in [3.63, 3.8) is 0 Å². The third-order valence-electron chi connectivity index (χ3n) is 18.1. The van der Waals surface area contributed by atoms with Crippen LogP contribution in [0.25, 0.3) is 45.6 Å². The van der Waals surface area contributed by atoms with E-state index in [1.54, 1.807) is 0 Å². The molecule has 0 heterocycles. The van der Waals surface area contributed by atoms with Gasteiger partial charge in [0, 0.05) is 0 Å². The molecule has 7 aromatic carbocycles. The normalized spacial score (nSPS) is 17.2. The first-order chi connectivity index (χ1) is 36.6. The Kier molecular flexibility index (Phi) is 17.0. The van der Waals surface area contributed by atoms with Crippen LogP contribution in [0.5, 0.6) is 0 Å². The average molecular weight is 971 g/mol. The summed E-state index contributed by atoms with van der Waals surface area (Å²) in [4.78, 5) is 0. The summed E-state index contributed by atoms with van der Waals surface area (Å²) >= 11 is 0. The predicted octanol–water partition coefficient (Wildman–Crippen LogP) is 20.7. The maximum Gasteiger partial charge on any atom is -0.0105 e. The molecule has 0 atom stereocenters. The van der Waals surface area contributed by atoms with E-state index in [9.17, 15) is 0 Å². The number of benzene rings is 7. The van der Waals surface area contributed by atoms with Gasteiger partial charge in [0.05, 0.1) is 0 Å². The second-order valence-corrected chi connectivity index (χ2v) is 23.6. The van der Waals surface area contributed by atoms with Crippen LogP contribution in [0.4, 0.5) is 0 Å². The molecule has 4 aliphatic rings.